The van der Waals surface area contributed by atoms with Crippen LogP contribution < -0.4 is 4.90 Å². The molecule has 1 amide bonds. The Bertz CT molecular complexity index is 731. The largest absolute Gasteiger partial charge is 0.332 e. The molecular weight excluding hydrogens is 316 g/mol. The summed E-state index contributed by atoms with van der Waals surface area (Å²) >= 11 is 11.5. The van der Waals surface area contributed by atoms with E-state index in [1.807, 2.05) is 29.2 Å². The molecule has 2 aliphatic heterocycles. The molecule has 2 heterocycles. The van der Waals surface area contributed by atoms with E-state index in [0.29, 0.717) is 23.1 Å². The first-order chi connectivity index (χ1) is 10.6. The highest BCUT2D eigenvalue weighted by Crippen LogP contribution is 2.33. The van der Waals surface area contributed by atoms with Gasteiger partial charge in [-0.1, -0.05) is 35.9 Å². The molecule has 0 aromatic heterocycles. The molecule has 0 saturated carbocycles. The molecule has 4 rings (SSSR count). The van der Waals surface area contributed by atoms with Gasteiger partial charge >= 0.3 is 0 Å². The Balaban J connectivity index is 1.71. The van der Waals surface area contributed by atoms with E-state index in [1.54, 1.807) is 17.0 Å². The summed E-state index contributed by atoms with van der Waals surface area (Å²) in [4.78, 5) is 16.5. The number of halogens is 1. The van der Waals surface area contributed by atoms with E-state index < -0.39 is 0 Å². The number of hydrogen-bond donors (Lipinski definition) is 0. The molecule has 2 aliphatic rings. The van der Waals surface area contributed by atoms with Crippen molar-refractivity contribution in [2.24, 2.45) is 0 Å². The number of fused-ring (bicyclic) bond motifs is 2. The number of carbonyl (C=O) groups excluding carboxylic acids is 1. The third-order valence-corrected chi connectivity index (χ3v) is 4.94. The van der Waals surface area contributed by atoms with Crippen LogP contribution in [0, 0.1) is 0 Å². The Labute approximate surface area is 139 Å². The molecule has 110 valence electrons. The zero-order valence-corrected chi connectivity index (χ0v) is 13.3. The Morgan fingerprint density at radius 3 is 2.45 bits per heavy atom. The Morgan fingerprint density at radius 1 is 1.05 bits per heavy atom. The number of carbonyl (C=O) groups is 1. The van der Waals surface area contributed by atoms with Crippen molar-refractivity contribution in [1.82, 2.24) is 4.90 Å². The van der Waals surface area contributed by atoms with Crippen molar-refractivity contribution in [2.45, 2.75) is 19.0 Å². The van der Waals surface area contributed by atoms with Crippen LogP contribution in [0.25, 0.3) is 0 Å². The summed E-state index contributed by atoms with van der Waals surface area (Å²) < 4.78 is 0. The number of nitrogens with zero attached hydrogens (tertiary/aromatic N) is 2. The summed E-state index contributed by atoms with van der Waals surface area (Å²) in [5, 5.41) is 1.22. The molecule has 0 unspecified atom stereocenters. The SMILES string of the molecule is O=C1[C@H]2Cc3ccccc3CN2C(=S)N1c1ccc(Cl)cc1. The monoisotopic (exact) mass is 328 g/mol. The van der Waals surface area contributed by atoms with Crippen molar-refractivity contribution in [3.05, 3.63) is 64.7 Å². The van der Waals surface area contributed by atoms with Gasteiger partial charge in [0.1, 0.15) is 6.04 Å². The second kappa shape index (κ2) is 5.07. The van der Waals surface area contributed by atoms with Crippen LogP contribution in [0.5, 0.6) is 0 Å². The van der Waals surface area contributed by atoms with Gasteiger partial charge in [0.05, 0.1) is 5.69 Å². The maximum Gasteiger partial charge on any atom is 0.256 e. The van der Waals surface area contributed by atoms with E-state index in [1.165, 1.54) is 11.1 Å². The number of thiocarbonyl (C=S) groups is 1. The first-order valence-electron chi connectivity index (χ1n) is 7.12. The summed E-state index contributed by atoms with van der Waals surface area (Å²) in [6.45, 7) is 0.690. The standard InChI is InChI=1S/C17H13ClN2OS/c18-13-5-7-14(8-6-13)20-16(21)15-9-11-3-1-2-4-12(11)10-19(15)17(20)22/h1-8,15H,9-10H2/t15-/m1/s1. The molecule has 0 radical (unpaired) electrons. The van der Waals surface area contributed by atoms with Crippen LogP contribution in [0.4, 0.5) is 5.69 Å². The average molecular weight is 329 g/mol. The third kappa shape index (κ3) is 2.02. The predicted molar refractivity (Wildman–Crippen MR) is 91.0 cm³/mol. The van der Waals surface area contributed by atoms with Crippen molar-refractivity contribution < 1.29 is 4.79 Å². The van der Waals surface area contributed by atoms with E-state index >= 15 is 0 Å². The molecule has 0 bridgehead atoms. The van der Waals surface area contributed by atoms with E-state index in [0.717, 1.165) is 5.69 Å². The van der Waals surface area contributed by atoms with Gasteiger partial charge in [-0.2, -0.15) is 0 Å². The van der Waals surface area contributed by atoms with Gasteiger partial charge < -0.3 is 4.90 Å². The first kappa shape index (κ1) is 13.7. The number of hydrogen-bond acceptors (Lipinski definition) is 2. The fourth-order valence-electron chi connectivity index (χ4n) is 3.14. The lowest BCUT2D eigenvalue weighted by Crippen LogP contribution is -2.39. The number of rotatable bonds is 1. The van der Waals surface area contributed by atoms with Crippen molar-refractivity contribution in [3.63, 3.8) is 0 Å². The quantitative estimate of drug-likeness (QED) is 0.750. The highest BCUT2D eigenvalue weighted by Gasteiger charge is 2.45. The second-order valence-corrected chi connectivity index (χ2v) is 6.35. The topological polar surface area (TPSA) is 23.6 Å². The summed E-state index contributed by atoms with van der Waals surface area (Å²) in [7, 11) is 0. The summed E-state index contributed by atoms with van der Waals surface area (Å²) in [6, 6.07) is 15.3. The number of amides is 1. The van der Waals surface area contributed by atoms with Crippen LogP contribution in [-0.2, 0) is 17.8 Å². The zero-order chi connectivity index (χ0) is 15.3. The van der Waals surface area contributed by atoms with Crippen molar-refractivity contribution in [3.8, 4) is 0 Å². The molecule has 0 aliphatic carbocycles. The molecule has 0 spiro atoms. The van der Waals surface area contributed by atoms with Crippen molar-refractivity contribution in [1.29, 1.82) is 0 Å². The molecule has 2 aromatic rings. The van der Waals surface area contributed by atoms with Gasteiger partial charge in [-0.25, -0.2) is 0 Å². The van der Waals surface area contributed by atoms with E-state index in [-0.39, 0.29) is 11.9 Å². The van der Waals surface area contributed by atoms with Gasteiger partial charge in [0.15, 0.2) is 5.11 Å². The summed E-state index contributed by atoms with van der Waals surface area (Å²) in [5.74, 6) is 0.0434. The Kier molecular flexibility index (Phi) is 3.17. The molecule has 1 fully saturated rings. The molecule has 3 nitrogen and oxygen atoms in total. The van der Waals surface area contributed by atoms with Gasteiger partial charge in [-0.05, 0) is 47.6 Å². The molecular formula is C17H13ClN2OS. The maximum atomic E-state index is 12.8. The maximum absolute atomic E-state index is 12.8. The highest BCUT2D eigenvalue weighted by atomic mass is 35.5. The normalized spacial score (nSPS) is 20.1. The summed E-state index contributed by atoms with van der Waals surface area (Å²) in [5.41, 5.74) is 3.25. The van der Waals surface area contributed by atoms with Gasteiger partial charge in [0, 0.05) is 18.0 Å². The van der Waals surface area contributed by atoms with E-state index in [4.69, 9.17) is 23.8 Å². The summed E-state index contributed by atoms with van der Waals surface area (Å²) in [6.07, 6.45) is 0.708. The van der Waals surface area contributed by atoms with Gasteiger partial charge in [0.2, 0.25) is 0 Å². The van der Waals surface area contributed by atoms with Crippen LogP contribution in [0.15, 0.2) is 48.5 Å². The minimum Gasteiger partial charge on any atom is -0.332 e. The minimum atomic E-state index is -0.196. The third-order valence-electron chi connectivity index (χ3n) is 4.28. The fourth-order valence-corrected chi connectivity index (χ4v) is 3.66. The molecule has 1 atom stereocenters. The lowest BCUT2D eigenvalue weighted by molar-refractivity contribution is -0.119. The smallest absolute Gasteiger partial charge is 0.256 e. The first-order valence-corrected chi connectivity index (χ1v) is 7.91. The van der Waals surface area contributed by atoms with Crippen LogP contribution in [-0.4, -0.2) is 22.0 Å². The van der Waals surface area contributed by atoms with Gasteiger partial charge in [-0.15, -0.1) is 0 Å². The van der Waals surface area contributed by atoms with Gasteiger partial charge in [-0.3, -0.25) is 9.69 Å². The van der Waals surface area contributed by atoms with Gasteiger partial charge in [0.25, 0.3) is 5.91 Å². The van der Waals surface area contributed by atoms with Crippen LogP contribution in [0.3, 0.4) is 0 Å². The minimum absolute atomic E-state index is 0.0434. The van der Waals surface area contributed by atoms with E-state index in [2.05, 4.69) is 12.1 Å². The Hall–Kier alpha value is -1.91. The van der Waals surface area contributed by atoms with Crippen LogP contribution >= 0.6 is 23.8 Å². The number of anilines is 1. The molecule has 0 N–H and O–H groups in total. The molecule has 2 aromatic carbocycles. The fraction of sp³-hybridized carbons (Fsp3) is 0.176. The predicted octanol–water partition coefficient (Wildman–Crippen LogP) is 3.40. The molecule has 1 saturated heterocycles. The lowest BCUT2D eigenvalue weighted by atomic mass is 9.95. The Morgan fingerprint density at radius 2 is 1.73 bits per heavy atom. The van der Waals surface area contributed by atoms with Crippen molar-refractivity contribution >= 4 is 40.5 Å². The second-order valence-electron chi connectivity index (χ2n) is 5.55. The highest BCUT2D eigenvalue weighted by molar-refractivity contribution is 7.80. The zero-order valence-electron chi connectivity index (χ0n) is 11.7. The molecule has 22 heavy (non-hydrogen) atoms. The number of benzene rings is 2. The lowest BCUT2D eigenvalue weighted by Gasteiger charge is -2.30. The van der Waals surface area contributed by atoms with Crippen LogP contribution in [0.2, 0.25) is 5.02 Å². The average Bonchev–Trinajstić information content (AvgIpc) is 2.78. The van der Waals surface area contributed by atoms with Crippen LogP contribution in [0.1, 0.15) is 11.1 Å². The van der Waals surface area contributed by atoms with E-state index in [9.17, 15) is 4.79 Å². The molecule has 5 heteroatoms. The van der Waals surface area contributed by atoms with Crippen molar-refractivity contribution in [2.75, 3.05) is 4.90 Å².